The first-order valence-corrected chi connectivity index (χ1v) is 7.56. The van der Waals surface area contributed by atoms with Crippen molar-refractivity contribution < 1.29 is 9.53 Å². The van der Waals surface area contributed by atoms with Crippen LogP contribution in [0, 0.1) is 5.41 Å². The number of ether oxygens (including phenoxy) is 1. The van der Waals surface area contributed by atoms with Crippen molar-refractivity contribution in [1.29, 1.82) is 0 Å². The average Bonchev–Trinajstić information content (AvgIpc) is 2.47. The molecule has 0 aromatic carbocycles. The molecule has 2 fully saturated rings. The molecule has 0 radical (unpaired) electrons. The van der Waals surface area contributed by atoms with E-state index in [0.29, 0.717) is 44.6 Å². The molecule has 0 aromatic heterocycles. The van der Waals surface area contributed by atoms with E-state index in [0.717, 1.165) is 12.8 Å². The molecule has 0 atom stereocenters. The van der Waals surface area contributed by atoms with Gasteiger partial charge < -0.3 is 21.5 Å². The van der Waals surface area contributed by atoms with E-state index in [4.69, 9.17) is 16.2 Å². The Labute approximate surface area is 143 Å². The second kappa shape index (κ2) is 8.77. The maximum absolute atomic E-state index is 11.7. The van der Waals surface area contributed by atoms with Gasteiger partial charge in [-0.1, -0.05) is 19.3 Å². The summed E-state index contributed by atoms with van der Waals surface area (Å²) in [5.74, 6) is 0.138. The van der Waals surface area contributed by atoms with Crippen LogP contribution < -0.4 is 16.8 Å². The lowest BCUT2D eigenvalue weighted by atomic mass is 9.79. The zero-order valence-corrected chi connectivity index (χ0v) is 14.8. The SMILES string of the molecule is I.NC(=O)C1(CN=C(N)NC2CCCCC2)CCOCC1. The highest BCUT2D eigenvalue weighted by atomic mass is 127. The molecule has 21 heavy (non-hydrogen) atoms. The predicted molar refractivity (Wildman–Crippen MR) is 93.6 cm³/mol. The number of carbonyl (C=O) groups is 1. The topological polar surface area (TPSA) is 103 Å². The zero-order valence-electron chi connectivity index (χ0n) is 12.5. The van der Waals surface area contributed by atoms with Crippen LogP contribution in [-0.4, -0.2) is 37.7 Å². The van der Waals surface area contributed by atoms with Crippen LogP contribution in [0.3, 0.4) is 0 Å². The van der Waals surface area contributed by atoms with E-state index in [1.165, 1.54) is 19.3 Å². The first-order valence-electron chi connectivity index (χ1n) is 7.56. The fourth-order valence-corrected chi connectivity index (χ4v) is 2.98. The molecule has 5 N–H and O–H groups in total. The van der Waals surface area contributed by atoms with Gasteiger partial charge in [-0.2, -0.15) is 0 Å². The van der Waals surface area contributed by atoms with Crippen LogP contribution in [0.25, 0.3) is 0 Å². The number of hydrogen-bond acceptors (Lipinski definition) is 3. The van der Waals surface area contributed by atoms with E-state index in [9.17, 15) is 4.79 Å². The van der Waals surface area contributed by atoms with Gasteiger partial charge in [0, 0.05) is 19.3 Å². The van der Waals surface area contributed by atoms with Crippen LogP contribution in [0.4, 0.5) is 0 Å². The number of aliphatic imine (C=N–C) groups is 1. The van der Waals surface area contributed by atoms with Gasteiger partial charge in [-0.15, -0.1) is 24.0 Å². The lowest BCUT2D eigenvalue weighted by molar-refractivity contribution is -0.132. The van der Waals surface area contributed by atoms with Crippen molar-refractivity contribution in [2.45, 2.75) is 51.0 Å². The third kappa shape index (κ3) is 5.28. The molecule has 1 saturated heterocycles. The summed E-state index contributed by atoms with van der Waals surface area (Å²) in [7, 11) is 0. The monoisotopic (exact) mass is 410 g/mol. The van der Waals surface area contributed by atoms with Gasteiger partial charge in [0.05, 0.1) is 12.0 Å². The maximum atomic E-state index is 11.7. The van der Waals surface area contributed by atoms with Crippen molar-refractivity contribution in [3.05, 3.63) is 0 Å². The molecule has 0 spiro atoms. The molecule has 1 saturated carbocycles. The summed E-state index contributed by atoms with van der Waals surface area (Å²) >= 11 is 0. The van der Waals surface area contributed by atoms with Crippen LogP contribution in [-0.2, 0) is 9.53 Å². The van der Waals surface area contributed by atoms with E-state index in [1.54, 1.807) is 0 Å². The van der Waals surface area contributed by atoms with Crippen molar-refractivity contribution >= 4 is 35.8 Å². The molecule has 1 heterocycles. The van der Waals surface area contributed by atoms with Crippen LogP contribution in [0.1, 0.15) is 44.9 Å². The molecule has 1 aliphatic heterocycles. The minimum atomic E-state index is -0.586. The van der Waals surface area contributed by atoms with Gasteiger partial charge in [0.15, 0.2) is 5.96 Å². The Hall–Kier alpha value is -0.570. The molecule has 0 bridgehead atoms. The number of primary amides is 1. The molecule has 6 nitrogen and oxygen atoms in total. The first-order chi connectivity index (χ1) is 9.62. The van der Waals surface area contributed by atoms with Gasteiger partial charge in [0.1, 0.15) is 0 Å². The van der Waals surface area contributed by atoms with Gasteiger partial charge in [-0.05, 0) is 25.7 Å². The minimum Gasteiger partial charge on any atom is -0.381 e. The third-order valence-electron chi connectivity index (χ3n) is 4.48. The number of halogens is 1. The molecule has 7 heteroatoms. The van der Waals surface area contributed by atoms with Gasteiger partial charge in [-0.3, -0.25) is 9.79 Å². The fourth-order valence-electron chi connectivity index (χ4n) is 2.98. The van der Waals surface area contributed by atoms with Crippen molar-refractivity contribution in [2.24, 2.45) is 21.9 Å². The molecular formula is C14H27IN4O2. The standard InChI is InChI=1S/C14H26N4O2.HI/c15-12(19)14(6-8-20-9-7-14)10-17-13(16)18-11-4-2-1-3-5-11;/h11H,1-10H2,(H2,15,19)(H3,16,17,18);1H. The lowest BCUT2D eigenvalue weighted by Crippen LogP contribution is -2.46. The highest BCUT2D eigenvalue weighted by molar-refractivity contribution is 14.0. The number of nitrogens with two attached hydrogens (primary N) is 2. The van der Waals surface area contributed by atoms with E-state index in [2.05, 4.69) is 10.3 Å². The predicted octanol–water partition coefficient (Wildman–Crippen LogP) is 1.12. The molecule has 2 rings (SSSR count). The Kier molecular flexibility index (Phi) is 7.72. The molecule has 0 aromatic rings. The van der Waals surface area contributed by atoms with Crippen LogP contribution in [0.5, 0.6) is 0 Å². The number of amides is 1. The Morgan fingerprint density at radius 2 is 1.81 bits per heavy atom. The molecule has 0 unspecified atom stereocenters. The summed E-state index contributed by atoms with van der Waals surface area (Å²) in [6.45, 7) is 1.49. The normalized spacial score (nSPS) is 23.1. The number of hydrogen-bond donors (Lipinski definition) is 3. The van der Waals surface area contributed by atoms with Crippen LogP contribution >= 0.6 is 24.0 Å². The average molecular weight is 410 g/mol. The summed E-state index contributed by atoms with van der Waals surface area (Å²) in [5, 5.41) is 3.26. The molecule has 122 valence electrons. The Morgan fingerprint density at radius 1 is 1.19 bits per heavy atom. The maximum Gasteiger partial charge on any atom is 0.225 e. The summed E-state index contributed by atoms with van der Waals surface area (Å²) in [4.78, 5) is 16.1. The van der Waals surface area contributed by atoms with Crippen molar-refractivity contribution in [1.82, 2.24) is 5.32 Å². The lowest BCUT2D eigenvalue weighted by Gasteiger charge is -2.32. The van der Waals surface area contributed by atoms with Crippen molar-refractivity contribution in [3.8, 4) is 0 Å². The van der Waals surface area contributed by atoms with Crippen LogP contribution in [0.15, 0.2) is 4.99 Å². The van der Waals surface area contributed by atoms with Crippen molar-refractivity contribution in [3.63, 3.8) is 0 Å². The quantitative estimate of drug-likeness (QED) is 0.367. The van der Waals surface area contributed by atoms with E-state index < -0.39 is 5.41 Å². The Bertz CT molecular complexity index is 364. The smallest absolute Gasteiger partial charge is 0.225 e. The molecular weight excluding hydrogens is 383 g/mol. The van der Waals surface area contributed by atoms with Gasteiger partial charge in [0.2, 0.25) is 5.91 Å². The summed E-state index contributed by atoms with van der Waals surface area (Å²) in [6, 6.07) is 0.423. The second-order valence-electron chi connectivity index (χ2n) is 5.94. The number of carbonyl (C=O) groups excluding carboxylic acids is 1. The van der Waals surface area contributed by atoms with Crippen molar-refractivity contribution in [2.75, 3.05) is 19.8 Å². The zero-order chi connectivity index (χ0) is 14.4. The number of nitrogens with zero attached hydrogens (tertiary/aromatic N) is 1. The molecule has 1 amide bonds. The molecule has 1 aliphatic carbocycles. The summed E-state index contributed by atoms with van der Waals surface area (Å²) in [6.07, 6.45) is 7.34. The first kappa shape index (κ1) is 18.5. The van der Waals surface area contributed by atoms with E-state index in [1.807, 2.05) is 0 Å². The van der Waals surface area contributed by atoms with Crippen LogP contribution in [0.2, 0.25) is 0 Å². The Morgan fingerprint density at radius 3 is 2.38 bits per heavy atom. The van der Waals surface area contributed by atoms with Gasteiger partial charge >= 0.3 is 0 Å². The van der Waals surface area contributed by atoms with Gasteiger partial charge in [0.25, 0.3) is 0 Å². The highest BCUT2D eigenvalue weighted by Crippen LogP contribution is 2.30. The molecule has 2 aliphatic rings. The third-order valence-corrected chi connectivity index (χ3v) is 4.48. The largest absolute Gasteiger partial charge is 0.381 e. The Balaban J connectivity index is 0.00000220. The summed E-state index contributed by atoms with van der Waals surface area (Å²) < 4.78 is 5.30. The summed E-state index contributed by atoms with van der Waals surface area (Å²) in [5.41, 5.74) is 10.9. The minimum absolute atomic E-state index is 0. The fraction of sp³-hybridized carbons (Fsp3) is 0.857. The number of nitrogens with one attached hydrogen (secondary N) is 1. The van der Waals surface area contributed by atoms with E-state index in [-0.39, 0.29) is 29.9 Å². The number of guanidine groups is 1. The van der Waals surface area contributed by atoms with Gasteiger partial charge in [-0.25, -0.2) is 0 Å². The second-order valence-corrected chi connectivity index (χ2v) is 5.94. The van der Waals surface area contributed by atoms with E-state index >= 15 is 0 Å². The highest BCUT2D eigenvalue weighted by Gasteiger charge is 2.38. The number of rotatable bonds is 4.